The number of nitrogens with one attached hydrogen (secondary N) is 3. The normalized spacial score (nSPS) is 11.7. The number of aromatic amines is 1. The standard InChI is InChI=1S/C23H30N6.HI/c1-23(2,3)20-10-8-17(9-11-20)12-13-25-22(24-4)26-15-18-6-5-7-19(14-18)21-27-16-28-29-21;/h5-11,14,16H,12-13,15H2,1-4H3,(H2,24,25,26)(H,27,28,29);1H. The Morgan fingerprint density at radius 1 is 1.03 bits per heavy atom. The molecular weight excluding hydrogens is 487 g/mol. The first-order valence-corrected chi connectivity index (χ1v) is 9.94. The van der Waals surface area contributed by atoms with Crippen LogP contribution < -0.4 is 10.6 Å². The summed E-state index contributed by atoms with van der Waals surface area (Å²) in [4.78, 5) is 8.52. The van der Waals surface area contributed by atoms with Crippen molar-refractivity contribution >= 4 is 29.9 Å². The zero-order chi connectivity index (χ0) is 20.7. The molecule has 7 heteroatoms. The largest absolute Gasteiger partial charge is 0.356 e. The van der Waals surface area contributed by atoms with Crippen LogP contribution in [0.4, 0.5) is 0 Å². The summed E-state index contributed by atoms with van der Waals surface area (Å²) in [6.45, 7) is 8.22. The molecule has 0 radical (unpaired) electrons. The van der Waals surface area contributed by atoms with Crippen molar-refractivity contribution in [1.82, 2.24) is 25.8 Å². The van der Waals surface area contributed by atoms with Crippen molar-refractivity contribution in [3.8, 4) is 11.4 Å². The fourth-order valence-corrected chi connectivity index (χ4v) is 3.08. The van der Waals surface area contributed by atoms with Gasteiger partial charge in [0.2, 0.25) is 0 Å². The second-order valence-electron chi connectivity index (χ2n) is 8.08. The van der Waals surface area contributed by atoms with Gasteiger partial charge in [-0.25, -0.2) is 4.98 Å². The number of H-pyrrole nitrogens is 1. The van der Waals surface area contributed by atoms with E-state index >= 15 is 0 Å². The van der Waals surface area contributed by atoms with Crippen LogP contribution in [0.3, 0.4) is 0 Å². The minimum atomic E-state index is 0. The van der Waals surface area contributed by atoms with Crippen LogP contribution in [0.25, 0.3) is 11.4 Å². The van der Waals surface area contributed by atoms with Crippen molar-refractivity contribution in [3.63, 3.8) is 0 Å². The highest BCUT2D eigenvalue weighted by Crippen LogP contribution is 2.22. The quantitative estimate of drug-likeness (QED) is 0.259. The molecule has 30 heavy (non-hydrogen) atoms. The molecule has 0 saturated carbocycles. The number of hydrogen-bond donors (Lipinski definition) is 3. The lowest BCUT2D eigenvalue weighted by molar-refractivity contribution is 0.590. The Morgan fingerprint density at radius 3 is 2.43 bits per heavy atom. The number of nitrogens with zero attached hydrogens (tertiary/aromatic N) is 3. The van der Waals surface area contributed by atoms with E-state index in [2.05, 4.69) is 88.0 Å². The van der Waals surface area contributed by atoms with Gasteiger partial charge in [0.15, 0.2) is 11.8 Å². The Labute approximate surface area is 196 Å². The van der Waals surface area contributed by atoms with Gasteiger partial charge in [0, 0.05) is 25.7 Å². The van der Waals surface area contributed by atoms with Crippen molar-refractivity contribution in [1.29, 1.82) is 0 Å². The highest BCUT2D eigenvalue weighted by Gasteiger charge is 2.12. The van der Waals surface area contributed by atoms with Crippen LogP contribution in [0.2, 0.25) is 0 Å². The van der Waals surface area contributed by atoms with Crippen molar-refractivity contribution < 1.29 is 0 Å². The van der Waals surface area contributed by atoms with Crippen LogP contribution in [-0.4, -0.2) is 34.7 Å². The average Bonchev–Trinajstić information content (AvgIpc) is 3.25. The highest BCUT2D eigenvalue weighted by atomic mass is 127. The van der Waals surface area contributed by atoms with E-state index < -0.39 is 0 Å². The van der Waals surface area contributed by atoms with Crippen LogP contribution in [-0.2, 0) is 18.4 Å². The van der Waals surface area contributed by atoms with Gasteiger partial charge in [-0.1, -0.05) is 63.2 Å². The van der Waals surface area contributed by atoms with Crippen LogP contribution in [0.15, 0.2) is 59.9 Å². The summed E-state index contributed by atoms with van der Waals surface area (Å²) >= 11 is 0. The highest BCUT2D eigenvalue weighted by molar-refractivity contribution is 14.0. The first-order chi connectivity index (χ1) is 14.0. The van der Waals surface area contributed by atoms with Gasteiger partial charge in [-0.3, -0.25) is 10.1 Å². The molecule has 1 heterocycles. The van der Waals surface area contributed by atoms with Gasteiger partial charge >= 0.3 is 0 Å². The van der Waals surface area contributed by atoms with Crippen molar-refractivity contribution in [3.05, 3.63) is 71.5 Å². The summed E-state index contributed by atoms with van der Waals surface area (Å²) in [5.41, 5.74) is 5.04. The Kier molecular flexibility index (Phi) is 8.83. The molecule has 6 nitrogen and oxygen atoms in total. The molecule has 0 atom stereocenters. The minimum Gasteiger partial charge on any atom is -0.356 e. The number of aliphatic imine (C=N–C) groups is 1. The van der Waals surface area contributed by atoms with E-state index in [1.165, 1.54) is 17.5 Å². The topological polar surface area (TPSA) is 78.0 Å². The number of halogens is 1. The number of aromatic nitrogens is 3. The lowest BCUT2D eigenvalue weighted by Gasteiger charge is -2.19. The summed E-state index contributed by atoms with van der Waals surface area (Å²) in [5.74, 6) is 1.56. The smallest absolute Gasteiger partial charge is 0.191 e. The molecule has 2 aromatic carbocycles. The molecule has 0 unspecified atom stereocenters. The van der Waals surface area contributed by atoms with Crippen molar-refractivity contribution in [2.24, 2.45) is 4.99 Å². The summed E-state index contributed by atoms with van der Waals surface area (Å²) < 4.78 is 0. The molecular formula is C23H31IN6. The first kappa shape index (κ1) is 23.9. The average molecular weight is 518 g/mol. The monoisotopic (exact) mass is 518 g/mol. The SMILES string of the molecule is CN=C(NCCc1ccc(C(C)(C)C)cc1)NCc1cccc(-c2ncn[nH]2)c1.I. The fourth-order valence-electron chi connectivity index (χ4n) is 3.08. The summed E-state index contributed by atoms with van der Waals surface area (Å²) in [6, 6.07) is 17.1. The van der Waals surface area contributed by atoms with Gasteiger partial charge in [0.05, 0.1) is 0 Å². The van der Waals surface area contributed by atoms with Gasteiger partial charge in [0.1, 0.15) is 6.33 Å². The molecule has 0 saturated heterocycles. The maximum absolute atomic E-state index is 4.32. The first-order valence-electron chi connectivity index (χ1n) is 9.94. The van der Waals surface area contributed by atoms with Crippen LogP contribution in [0.5, 0.6) is 0 Å². The van der Waals surface area contributed by atoms with E-state index in [9.17, 15) is 0 Å². The minimum absolute atomic E-state index is 0. The van der Waals surface area contributed by atoms with Crippen LogP contribution in [0.1, 0.15) is 37.5 Å². The van der Waals surface area contributed by atoms with E-state index in [1.807, 2.05) is 12.1 Å². The molecule has 1 aromatic heterocycles. The second kappa shape index (κ2) is 11.1. The summed E-state index contributed by atoms with van der Waals surface area (Å²) in [6.07, 6.45) is 2.47. The number of benzene rings is 2. The van der Waals surface area contributed by atoms with E-state index in [4.69, 9.17) is 0 Å². The molecule has 0 amide bonds. The molecule has 160 valence electrons. The summed E-state index contributed by atoms with van der Waals surface area (Å²) in [5, 5.41) is 13.6. The molecule has 3 N–H and O–H groups in total. The molecule has 0 aliphatic rings. The maximum Gasteiger partial charge on any atom is 0.191 e. The number of hydrogen-bond acceptors (Lipinski definition) is 3. The Hall–Kier alpha value is -2.42. The third-order valence-electron chi connectivity index (χ3n) is 4.83. The van der Waals surface area contributed by atoms with Crippen LogP contribution in [0, 0.1) is 0 Å². The Balaban J connectivity index is 0.00000320. The zero-order valence-electron chi connectivity index (χ0n) is 18.1. The van der Waals surface area contributed by atoms with Gasteiger partial charge in [-0.05, 0) is 34.6 Å². The third-order valence-corrected chi connectivity index (χ3v) is 4.83. The molecule has 3 rings (SSSR count). The van der Waals surface area contributed by atoms with Gasteiger partial charge in [-0.2, -0.15) is 5.10 Å². The number of guanidine groups is 1. The lowest BCUT2D eigenvalue weighted by atomic mass is 9.86. The van der Waals surface area contributed by atoms with Gasteiger partial charge in [0.25, 0.3) is 0 Å². The Bertz CT molecular complexity index is 927. The predicted octanol–water partition coefficient (Wildman–Crippen LogP) is 4.29. The van der Waals surface area contributed by atoms with Crippen molar-refractivity contribution in [2.45, 2.75) is 39.2 Å². The van der Waals surface area contributed by atoms with E-state index in [0.29, 0.717) is 6.54 Å². The van der Waals surface area contributed by atoms with E-state index in [0.717, 1.165) is 35.9 Å². The maximum atomic E-state index is 4.32. The summed E-state index contributed by atoms with van der Waals surface area (Å²) in [7, 11) is 1.79. The molecule has 3 aromatic rings. The zero-order valence-corrected chi connectivity index (χ0v) is 20.4. The van der Waals surface area contributed by atoms with E-state index in [-0.39, 0.29) is 29.4 Å². The molecule has 0 spiro atoms. The van der Waals surface area contributed by atoms with Crippen molar-refractivity contribution in [2.75, 3.05) is 13.6 Å². The third kappa shape index (κ3) is 6.83. The molecule has 0 aliphatic carbocycles. The van der Waals surface area contributed by atoms with Crippen LogP contribution >= 0.6 is 24.0 Å². The lowest BCUT2D eigenvalue weighted by Crippen LogP contribution is -2.37. The van der Waals surface area contributed by atoms with E-state index in [1.54, 1.807) is 7.05 Å². The Morgan fingerprint density at radius 2 is 1.80 bits per heavy atom. The fraction of sp³-hybridized carbons (Fsp3) is 0.348. The molecule has 0 aliphatic heterocycles. The second-order valence-corrected chi connectivity index (χ2v) is 8.08. The predicted molar refractivity (Wildman–Crippen MR) is 134 cm³/mol. The molecule has 0 bridgehead atoms. The van der Waals surface area contributed by atoms with Gasteiger partial charge < -0.3 is 10.6 Å². The number of rotatable bonds is 6. The molecule has 0 fully saturated rings. The van der Waals surface area contributed by atoms with Gasteiger partial charge in [-0.15, -0.1) is 24.0 Å².